The maximum Gasteiger partial charge on any atom is 0.255 e. The number of methoxy groups -OCH3 is 1. The highest BCUT2D eigenvalue weighted by Gasteiger charge is 2.11. The monoisotopic (exact) mass is 361 g/mol. The van der Waals surface area contributed by atoms with E-state index in [1.54, 1.807) is 25.3 Å². The van der Waals surface area contributed by atoms with Crippen LogP contribution in [0.5, 0.6) is 11.5 Å². The number of rotatable bonds is 7. The van der Waals surface area contributed by atoms with Crippen LogP contribution < -0.4 is 14.8 Å². The highest BCUT2D eigenvalue weighted by molar-refractivity contribution is 6.04. The average molecular weight is 361 g/mol. The molecule has 0 atom stereocenters. The first-order chi connectivity index (χ1) is 13.2. The number of amides is 1. The summed E-state index contributed by atoms with van der Waals surface area (Å²) in [5, 5.41) is 2.93. The fourth-order valence-electron chi connectivity index (χ4n) is 2.74. The van der Waals surface area contributed by atoms with Crippen LogP contribution in [-0.4, -0.2) is 13.0 Å². The van der Waals surface area contributed by atoms with Crippen LogP contribution in [0.1, 0.15) is 28.4 Å². The summed E-state index contributed by atoms with van der Waals surface area (Å²) in [6.45, 7) is 2.42. The van der Waals surface area contributed by atoms with E-state index in [-0.39, 0.29) is 5.91 Å². The van der Waals surface area contributed by atoms with Crippen molar-refractivity contribution in [2.45, 2.75) is 20.0 Å². The zero-order chi connectivity index (χ0) is 19.1. The Morgan fingerprint density at radius 1 is 0.963 bits per heavy atom. The number of aryl methyl sites for hydroxylation is 1. The minimum atomic E-state index is -0.164. The molecule has 0 heterocycles. The molecule has 138 valence electrons. The average Bonchev–Trinajstić information content (AvgIpc) is 2.73. The van der Waals surface area contributed by atoms with Crippen LogP contribution in [0.15, 0.2) is 72.8 Å². The Morgan fingerprint density at radius 3 is 2.37 bits per heavy atom. The number of hydrogen-bond acceptors (Lipinski definition) is 3. The molecule has 0 aromatic heterocycles. The minimum absolute atomic E-state index is 0.164. The maximum atomic E-state index is 12.6. The van der Waals surface area contributed by atoms with Crippen LogP contribution in [-0.2, 0) is 13.0 Å². The molecular formula is C23H23NO3. The van der Waals surface area contributed by atoms with Gasteiger partial charge in [-0.25, -0.2) is 0 Å². The lowest BCUT2D eigenvalue weighted by atomic mass is 10.1. The van der Waals surface area contributed by atoms with Crippen molar-refractivity contribution < 1.29 is 14.3 Å². The molecule has 0 bridgehead atoms. The summed E-state index contributed by atoms with van der Waals surface area (Å²) in [5.74, 6) is 1.29. The van der Waals surface area contributed by atoms with Crippen LogP contribution in [0.25, 0.3) is 0 Å². The fraction of sp³-hybridized carbons (Fsp3) is 0.174. The molecule has 0 fully saturated rings. The lowest BCUT2D eigenvalue weighted by molar-refractivity contribution is 0.102. The number of hydrogen-bond donors (Lipinski definition) is 1. The van der Waals surface area contributed by atoms with Gasteiger partial charge in [-0.3, -0.25) is 4.79 Å². The molecule has 1 amide bonds. The molecule has 0 aliphatic heterocycles. The third kappa shape index (κ3) is 4.88. The van der Waals surface area contributed by atoms with Gasteiger partial charge in [-0.05, 0) is 54.4 Å². The van der Waals surface area contributed by atoms with E-state index in [0.717, 1.165) is 23.4 Å². The number of carbonyl (C=O) groups is 1. The molecule has 0 saturated carbocycles. The van der Waals surface area contributed by atoms with E-state index in [9.17, 15) is 4.79 Å². The van der Waals surface area contributed by atoms with Crippen molar-refractivity contribution in [3.8, 4) is 11.5 Å². The van der Waals surface area contributed by atoms with E-state index in [2.05, 4.69) is 12.2 Å². The fourth-order valence-corrected chi connectivity index (χ4v) is 2.74. The van der Waals surface area contributed by atoms with Crippen molar-refractivity contribution >= 4 is 11.6 Å². The molecule has 3 rings (SSSR count). The van der Waals surface area contributed by atoms with Gasteiger partial charge in [-0.1, -0.05) is 37.3 Å². The van der Waals surface area contributed by atoms with Gasteiger partial charge in [-0.2, -0.15) is 0 Å². The van der Waals surface area contributed by atoms with Crippen molar-refractivity contribution in [2.24, 2.45) is 0 Å². The van der Waals surface area contributed by atoms with Gasteiger partial charge in [0.2, 0.25) is 0 Å². The largest absolute Gasteiger partial charge is 0.496 e. The first-order valence-corrected chi connectivity index (χ1v) is 8.94. The summed E-state index contributed by atoms with van der Waals surface area (Å²) in [5.41, 5.74) is 3.38. The Morgan fingerprint density at radius 2 is 1.70 bits per heavy atom. The van der Waals surface area contributed by atoms with Crippen molar-refractivity contribution in [3.63, 3.8) is 0 Å². The molecule has 0 spiro atoms. The van der Waals surface area contributed by atoms with Crippen LogP contribution in [0.2, 0.25) is 0 Å². The normalized spacial score (nSPS) is 10.3. The molecule has 0 aliphatic rings. The molecule has 27 heavy (non-hydrogen) atoms. The SMILES string of the molecule is CCc1ccc(NC(=O)c2ccc(OC)c(COc3ccccc3)c2)cc1. The van der Waals surface area contributed by atoms with Gasteiger partial charge in [0.15, 0.2) is 0 Å². The number of nitrogens with one attached hydrogen (secondary N) is 1. The molecule has 4 heteroatoms. The summed E-state index contributed by atoms with van der Waals surface area (Å²) in [7, 11) is 1.61. The van der Waals surface area contributed by atoms with Gasteiger partial charge in [0.25, 0.3) is 5.91 Å². The summed E-state index contributed by atoms with van der Waals surface area (Å²) in [4.78, 5) is 12.6. The van der Waals surface area contributed by atoms with Gasteiger partial charge < -0.3 is 14.8 Å². The van der Waals surface area contributed by atoms with Crippen LogP contribution >= 0.6 is 0 Å². The van der Waals surface area contributed by atoms with E-state index in [1.807, 2.05) is 54.6 Å². The maximum absolute atomic E-state index is 12.6. The second-order valence-corrected chi connectivity index (χ2v) is 6.13. The summed E-state index contributed by atoms with van der Waals surface area (Å²) < 4.78 is 11.2. The predicted octanol–water partition coefficient (Wildman–Crippen LogP) is 5.09. The Labute approximate surface area is 159 Å². The lowest BCUT2D eigenvalue weighted by Crippen LogP contribution is -2.13. The van der Waals surface area contributed by atoms with Crippen LogP contribution in [0.4, 0.5) is 5.69 Å². The highest BCUT2D eigenvalue weighted by atomic mass is 16.5. The Bertz CT molecular complexity index is 889. The molecule has 3 aromatic rings. The molecule has 1 N–H and O–H groups in total. The zero-order valence-corrected chi connectivity index (χ0v) is 15.6. The number of para-hydroxylation sites is 1. The van der Waals surface area contributed by atoms with E-state index < -0.39 is 0 Å². The van der Waals surface area contributed by atoms with Gasteiger partial charge in [-0.15, -0.1) is 0 Å². The molecular weight excluding hydrogens is 338 g/mol. The summed E-state index contributed by atoms with van der Waals surface area (Å²) >= 11 is 0. The Kier molecular flexibility index (Phi) is 6.10. The predicted molar refractivity (Wildman–Crippen MR) is 108 cm³/mol. The van der Waals surface area contributed by atoms with Crippen molar-refractivity contribution in [3.05, 3.63) is 89.5 Å². The number of benzene rings is 3. The zero-order valence-electron chi connectivity index (χ0n) is 15.6. The van der Waals surface area contributed by atoms with Gasteiger partial charge in [0, 0.05) is 16.8 Å². The van der Waals surface area contributed by atoms with Crippen LogP contribution in [0.3, 0.4) is 0 Å². The molecule has 0 unspecified atom stereocenters. The van der Waals surface area contributed by atoms with Crippen molar-refractivity contribution in [1.29, 1.82) is 0 Å². The van der Waals surface area contributed by atoms with Gasteiger partial charge in [0.1, 0.15) is 18.1 Å². The Balaban J connectivity index is 1.73. The molecule has 4 nitrogen and oxygen atoms in total. The van der Waals surface area contributed by atoms with E-state index in [4.69, 9.17) is 9.47 Å². The summed E-state index contributed by atoms with van der Waals surface area (Å²) in [6.07, 6.45) is 0.970. The molecule has 0 saturated heterocycles. The molecule has 3 aromatic carbocycles. The topological polar surface area (TPSA) is 47.6 Å². The second-order valence-electron chi connectivity index (χ2n) is 6.13. The van der Waals surface area contributed by atoms with E-state index in [1.165, 1.54) is 5.56 Å². The second kappa shape index (κ2) is 8.90. The van der Waals surface area contributed by atoms with Crippen LogP contribution in [0, 0.1) is 0 Å². The van der Waals surface area contributed by atoms with E-state index in [0.29, 0.717) is 17.9 Å². The standard InChI is InChI=1S/C23H23NO3/c1-3-17-9-12-20(13-10-17)24-23(25)18-11-14-22(26-2)19(15-18)16-27-21-7-5-4-6-8-21/h4-15H,3,16H2,1-2H3,(H,24,25). The Hall–Kier alpha value is -3.27. The quantitative estimate of drug-likeness (QED) is 0.638. The number of ether oxygens (including phenoxy) is 2. The first kappa shape index (κ1) is 18.5. The van der Waals surface area contributed by atoms with E-state index >= 15 is 0 Å². The number of carbonyl (C=O) groups excluding carboxylic acids is 1. The van der Waals surface area contributed by atoms with Gasteiger partial charge in [0.05, 0.1) is 7.11 Å². The lowest BCUT2D eigenvalue weighted by Gasteiger charge is -2.12. The van der Waals surface area contributed by atoms with Gasteiger partial charge >= 0.3 is 0 Å². The number of anilines is 1. The highest BCUT2D eigenvalue weighted by Crippen LogP contribution is 2.23. The minimum Gasteiger partial charge on any atom is -0.496 e. The smallest absolute Gasteiger partial charge is 0.255 e. The third-order valence-electron chi connectivity index (χ3n) is 4.30. The third-order valence-corrected chi connectivity index (χ3v) is 4.30. The summed E-state index contributed by atoms with van der Waals surface area (Å²) in [6, 6.07) is 22.8. The molecule has 0 radical (unpaired) electrons. The van der Waals surface area contributed by atoms with Crippen molar-refractivity contribution in [1.82, 2.24) is 0 Å². The molecule has 0 aliphatic carbocycles. The van der Waals surface area contributed by atoms with Crippen molar-refractivity contribution in [2.75, 3.05) is 12.4 Å². The first-order valence-electron chi connectivity index (χ1n) is 8.94.